The molecule has 0 saturated carbocycles. The predicted octanol–water partition coefficient (Wildman–Crippen LogP) is 1.63. The highest BCUT2D eigenvalue weighted by molar-refractivity contribution is 5.79. The lowest BCUT2D eigenvalue weighted by Gasteiger charge is -2.41. The molecule has 6 heteroatoms. The summed E-state index contributed by atoms with van der Waals surface area (Å²) in [6, 6.07) is 0. The van der Waals surface area contributed by atoms with Crippen molar-refractivity contribution in [1.82, 2.24) is 20.4 Å². The molecule has 0 radical (unpaired) electrons. The van der Waals surface area contributed by atoms with Gasteiger partial charge in [-0.15, -0.1) is 0 Å². The van der Waals surface area contributed by atoms with Gasteiger partial charge in [-0.3, -0.25) is 9.89 Å². The topological polar surface area (TPSA) is 52.1 Å². The third kappa shape index (κ3) is 7.05. The lowest BCUT2D eigenvalue weighted by Crippen LogP contribution is -2.56. The van der Waals surface area contributed by atoms with E-state index in [-0.39, 0.29) is 5.54 Å². The van der Waals surface area contributed by atoms with Crippen LogP contribution in [0.25, 0.3) is 0 Å². The van der Waals surface area contributed by atoms with Gasteiger partial charge < -0.3 is 20.3 Å². The van der Waals surface area contributed by atoms with Crippen LogP contribution in [0.2, 0.25) is 0 Å². The monoisotopic (exact) mass is 367 g/mol. The highest BCUT2D eigenvalue weighted by Crippen LogP contribution is 2.20. The van der Waals surface area contributed by atoms with Gasteiger partial charge in [0.1, 0.15) is 0 Å². The first-order valence-electron chi connectivity index (χ1n) is 10.4. The zero-order valence-electron chi connectivity index (χ0n) is 17.7. The lowest BCUT2D eigenvalue weighted by molar-refractivity contribution is -0.00834. The summed E-state index contributed by atoms with van der Waals surface area (Å²) in [7, 11) is 1.85. The second-order valence-corrected chi connectivity index (χ2v) is 8.82. The average molecular weight is 368 g/mol. The highest BCUT2D eigenvalue weighted by Gasteiger charge is 2.28. The summed E-state index contributed by atoms with van der Waals surface area (Å²) in [5.41, 5.74) is 0.0987. The summed E-state index contributed by atoms with van der Waals surface area (Å²) in [4.78, 5) is 9.50. The maximum atomic E-state index is 5.47. The molecule has 2 N–H and O–H groups in total. The Morgan fingerprint density at radius 3 is 2.38 bits per heavy atom. The van der Waals surface area contributed by atoms with Gasteiger partial charge in [0, 0.05) is 51.9 Å². The molecule has 2 heterocycles. The summed E-state index contributed by atoms with van der Waals surface area (Å²) in [5, 5.41) is 6.98. The molecule has 0 bridgehead atoms. The number of hydrogen-bond acceptors (Lipinski definition) is 4. The van der Waals surface area contributed by atoms with Crippen LogP contribution < -0.4 is 10.6 Å². The van der Waals surface area contributed by atoms with Crippen molar-refractivity contribution in [2.75, 3.05) is 66.1 Å². The Kier molecular flexibility index (Phi) is 8.64. The van der Waals surface area contributed by atoms with Crippen LogP contribution in [-0.2, 0) is 4.74 Å². The Hall–Kier alpha value is -0.850. The van der Waals surface area contributed by atoms with Gasteiger partial charge in [0.2, 0.25) is 0 Å². The van der Waals surface area contributed by atoms with Gasteiger partial charge in [-0.25, -0.2) is 0 Å². The van der Waals surface area contributed by atoms with E-state index < -0.39 is 0 Å². The molecule has 2 fully saturated rings. The Bertz CT molecular complexity index is 424. The van der Waals surface area contributed by atoms with Crippen molar-refractivity contribution in [3.8, 4) is 0 Å². The van der Waals surface area contributed by atoms with E-state index in [4.69, 9.17) is 4.74 Å². The van der Waals surface area contributed by atoms with Crippen molar-refractivity contribution in [3.05, 3.63) is 0 Å². The molecule has 0 spiro atoms. The van der Waals surface area contributed by atoms with Gasteiger partial charge in [-0.2, -0.15) is 0 Å². The number of piperidine rings is 1. The molecule has 0 aromatic rings. The van der Waals surface area contributed by atoms with Gasteiger partial charge in [0.15, 0.2) is 5.96 Å². The van der Waals surface area contributed by atoms with E-state index in [1.807, 2.05) is 7.05 Å². The maximum absolute atomic E-state index is 5.47. The van der Waals surface area contributed by atoms with E-state index in [0.29, 0.717) is 0 Å². The van der Waals surface area contributed by atoms with Crippen LogP contribution in [0.5, 0.6) is 0 Å². The van der Waals surface area contributed by atoms with E-state index in [1.54, 1.807) is 0 Å². The van der Waals surface area contributed by atoms with Crippen LogP contribution in [0.15, 0.2) is 4.99 Å². The molecular formula is C20H41N5O. The Morgan fingerprint density at radius 1 is 1.12 bits per heavy atom. The van der Waals surface area contributed by atoms with Crippen molar-refractivity contribution in [3.63, 3.8) is 0 Å². The molecular weight excluding hydrogens is 326 g/mol. The zero-order valence-corrected chi connectivity index (χ0v) is 17.7. The fourth-order valence-electron chi connectivity index (χ4n) is 4.29. The van der Waals surface area contributed by atoms with Crippen LogP contribution in [0.4, 0.5) is 0 Å². The van der Waals surface area contributed by atoms with Crippen molar-refractivity contribution >= 4 is 5.96 Å². The van der Waals surface area contributed by atoms with Gasteiger partial charge >= 0.3 is 0 Å². The molecule has 152 valence electrons. The first-order valence-corrected chi connectivity index (χ1v) is 10.4. The first kappa shape index (κ1) is 21.5. The minimum Gasteiger partial charge on any atom is -0.379 e. The fraction of sp³-hybridized carbons (Fsp3) is 0.950. The maximum Gasteiger partial charge on any atom is 0.191 e. The number of rotatable bonds is 7. The number of aliphatic imine (C=N–C) groups is 1. The molecule has 2 rings (SSSR count). The first-order chi connectivity index (χ1) is 12.4. The summed E-state index contributed by atoms with van der Waals surface area (Å²) in [6.45, 7) is 18.6. The molecule has 26 heavy (non-hydrogen) atoms. The second-order valence-electron chi connectivity index (χ2n) is 8.82. The molecule has 0 aliphatic carbocycles. The Morgan fingerprint density at radius 2 is 1.77 bits per heavy atom. The summed E-state index contributed by atoms with van der Waals surface area (Å²) < 4.78 is 5.47. The highest BCUT2D eigenvalue weighted by atomic mass is 16.5. The van der Waals surface area contributed by atoms with Crippen LogP contribution in [-0.4, -0.2) is 87.4 Å². The van der Waals surface area contributed by atoms with E-state index in [1.165, 1.54) is 26.1 Å². The van der Waals surface area contributed by atoms with Gasteiger partial charge in [0.05, 0.1) is 13.2 Å². The predicted molar refractivity (Wildman–Crippen MR) is 110 cm³/mol. The van der Waals surface area contributed by atoms with E-state index in [0.717, 1.165) is 63.6 Å². The third-order valence-electron chi connectivity index (χ3n) is 5.67. The number of morpholine rings is 1. The molecule has 6 nitrogen and oxygen atoms in total. The zero-order chi connectivity index (χ0) is 19.0. The van der Waals surface area contributed by atoms with Crippen LogP contribution in [0, 0.1) is 11.8 Å². The van der Waals surface area contributed by atoms with Crippen molar-refractivity contribution in [2.45, 2.75) is 46.1 Å². The van der Waals surface area contributed by atoms with E-state index >= 15 is 0 Å². The molecule has 0 aromatic carbocycles. The number of nitrogens with zero attached hydrogens (tertiary/aromatic N) is 3. The number of likely N-dealkylation sites (tertiary alicyclic amines) is 1. The smallest absolute Gasteiger partial charge is 0.191 e. The number of ether oxygens (including phenoxy) is 1. The molecule has 2 atom stereocenters. The van der Waals surface area contributed by atoms with E-state index in [2.05, 4.69) is 53.1 Å². The minimum atomic E-state index is 0.0987. The van der Waals surface area contributed by atoms with Gasteiger partial charge in [-0.1, -0.05) is 13.8 Å². The van der Waals surface area contributed by atoms with Crippen molar-refractivity contribution in [2.24, 2.45) is 16.8 Å². The van der Waals surface area contributed by atoms with Crippen molar-refractivity contribution < 1.29 is 4.74 Å². The number of nitrogens with one attached hydrogen (secondary N) is 2. The Balaban J connectivity index is 1.64. The SMILES string of the molecule is CN=C(NCCCN1CC(C)CC(C)C1)NCC(C)(C)N1CCOCC1. The second kappa shape index (κ2) is 10.5. The largest absolute Gasteiger partial charge is 0.379 e. The minimum absolute atomic E-state index is 0.0987. The normalized spacial score (nSPS) is 26.7. The number of hydrogen-bond donors (Lipinski definition) is 2. The molecule has 0 amide bonds. The van der Waals surface area contributed by atoms with Crippen LogP contribution in [0.3, 0.4) is 0 Å². The van der Waals surface area contributed by atoms with Gasteiger partial charge in [0.25, 0.3) is 0 Å². The summed E-state index contributed by atoms with van der Waals surface area (Å²) in [5.74, 6) is 2.58. The molecule has 2 unspecified atom stereocenters. The Labute approximate surface area is 160 Å². The summed E-state index contributed by atoms with van der Waals surface area (Å²) >= 11 is 0. The van der Waals surface area contributed by atoms with E-state index in [9.17, 15) is 0 Å². The summed E-state index contributed by atoms with van der Waals surface area (Å²) in [6.07, 6.45) is 2.54. The standard InChI is InChI=1S/C20H41N5O/c1-17-13-18(2)15-24(14-17)8-6-7-22-19(21-5)23-16-20(3,4)25-9-11-26-12-10-25/h17-18H,6-16H2,1-5H3,(H2,21,22,23). The van der Waals surface area contributed by atoms with Crippen LogP contribution in [0.1, 0.15) is 40.5 Å². The quantitative estimate of drug-likeness (QED) is 0.407. The lowest BCUT2D eigenvalue weighted by atomic mass is 9.92. The average Bonchev–Trinajstić information content (AvgIpc) is 2.61. The number of guanidine groups is 1. The molecule has 2 aliphatic rings. The third-order valence-corrected chi connectivity index (χ3v) is 5.67. The molecule has 2 saturated heterocycles. The van der Waals surface area contributed by atoms with Gasteiger partial charge in [-0.05, 0) is 45.1 Å². The van der Waals surface area contributed by atoms with Crippen molar-refractivity contribution in [1.29, 1.82) is 0 Å². The molecule has 2 aliphatic heterocycles. The molecule has 0 aromatic heterocycles. The fourth-order valence-corrected chi connectivity index (χ4v) is 4.29. The van der Waals surface area contributed by atoms with Crippen LogP contribution >= 0.6 is 0 Å².